The minimum Gasteiger partial charge on any atom is -0.465 e. The highest BCUT2D eigenvalue weighted by atomic mass is 19.1. The van der Waals surface area contributed by atoms with Crippen LogP contribution in [0, 0.1) is 12.7 Å². The van der Waals surface area contributed by atoms with E-state index in [4.69, 9.17) is 4.74 Å². The molecule has 0 spiro atoms. The van der Waals surface area contributed by atoms with E-state index in [0.717, 1.165) is 11.6 Å². The number of carbonyl (C=O) groups is 3. The second kappa shape index (κ2) is 9.28. The lowest BCUT2D eigenvalue weighted by Crippen LogP contribution is -2.21. The molecule has 0 fully saturated rings. The summed E-state index contributed by atoms with van der Waals surface area (Å²) in [7, 11) is 1.26. The van der Waals surface area contributed by atoms with Gasteiger partial charge < -0.3 is 14.8 Å². The quantitative estimate of drug-likeness (QED) is 0.623. The average Bonchev–Trinajstić information content (AvgIpc) is 2.66. The van der Waals surface area contributed by atoms with Crippen LogP contribution in [0.25, 0.3) is 6.08 Å². The van der Waals surface area contributed by atoms with Crippen molar-refractivity contribution in [3.63, 3.8) is 0 Å². The number of nitrogens with one attached hydrogen (secondary N) is 1. The maximum Gasteiger partial charge on any atom is 0.337 e. The van der Waals surface area contributed by atoms with Gasteiger partial charge in [0.15, 0.2) is 6.61 Å². The third-order valence-electron chi connectivity index (χ3n) is 3.58. The molecule has 0 heterocycles. The standard InChI is InChI=1S/C20H18FNO5/c1-13-7-8-15(20(25)26-2)11-17(13)22-18(23)12-27-19(24)10-9-14-5-3-4-6-16(14)21/h3-11H,12H2,1-2H3,(H,22,23)/b10-9+. The molecule has 7 heteroatoms. The van der Waals surface area contributed by atoms with Gasteiger partial charge in [-0.15, -0.1) is 0 Å². The van der Waals surface area contributed by atoms with Gasteiger partial charge >= 0.3 is 11.9 Å². The van der Waals surface area contributed by atoms with E-state index in [2.05, 4.69) is 10.1 Å². The van der Waals surface area contributed by atoms with Gasteiger partial charge in [0, 0.05) is 17.3 Å². The fourth-order valence-electron chi connectivity index (χ4n) is 2.14. The van der Waals surface area contributed by atoms with E-state index in [0.29, 0.717) is 5.69 Å². The van der Waals surface area contributed by atoms with E-state index in [1.165, 1.54) is 37.5 Å². The maximum absolute atomic E-state index is 13.4. The Morgan fingerprint density at radius 3 is 2.59 bits per heavy atom. The van der Waals surface area contributed by atoms with Gasteiger partial charge in [-0.2, -0.15) is 0 Å². The molecular weight excluding hydrogens is 353 g/mol. The van der Waals surface area contributed by atoms with Crippen molar-refractivity contribution in [3.8, 4) is 0 Å². The fraction of sp³-hybridized carbons (Fsp3) is 0.150. The first-order valence-electron chi connectivity index (χ1n) is 7.99. The van der Waals surface area contributed by atoms with E-state index in [1.54, 1.807) is 25.1 Å². The zero-order valence-electron chi connectivity index (χ0n) is 14.8. The SMILES string of the molecule is COC(=O)c1ccc(C)c(NC(=O)COC(=O)/C=C/c2ccccc2F)c1. The molecule has 1 amide bonds. The number of halogens is 1. The molecule has 2 aromatic carbocycles. The molecule has 140 valence electrons. The lowest BCUT2D eigenvalue weighted by molar-refractivity contribution is -0.142. The highest BCUT2D eigenvalue weighted by molar-refractivity contribution is 5.97. The Morgan fingerprint density at radius 2 is 1.89 bits per heavy atom. The van der Waals surface area contributed by atoms with Gasteiger partial charge in [0.25, 0.3) is 5.91 Å². The summed E-state index contributed by atoms with van der Waals surface area (Å²) in [5.74, 6) is -2.36. The van der Waals surface area contributed by atoms with E-state index in [1.807, 2.05) is 0 Å². The number of esters is 2. The highest BCUT2D eigenvalue weighted by Crippen LogP contribution is 2.17. The summed E-state index contributed by atoms with van der Waals surface area (Å²) in [4.78, 5) is 35.2. The zero-order valence-corrected chi connectivity index (χ0v) is 14.8. The van der Waals surface area contributed by atoms with Crippen molar-refractivity contribution in [3.05, 3.63) is 71.0 Å². The Morgan fingerprint density at radius 1 is 1.15 bits per heavy atom. The second-order valence-electron chi connectivity index (χ2n) is 5.53. The van der Waals surface area contributed by atoms with Crippen LogP contribution in [-0.2, 0) is 19.1 Å². The normalized spacial score (nSPS) is 10.5. The fourth-order valence-corrected chi connectivity index (χ4v) is 2.14. The molecular formula is C20H18FNO5. The number of ether oxygens (including phenoxy) is 2. The molecule has 1 N–H and O–H groups in total. The van der Waals surface area contributed by atoms with Crippen LogP contribution in [-0.4, -0.2) is 31.6 Å². The summed E-state index contributed by atoms with van der Waals surface area (Å²) in [6, 6.07) is 10.6. The van der Waals surface area contributed by atoms with Crippen molar-refractivity contribution >= 4 is 29.6 Å². The number of methoxy groups -OCH3 is 1. The largest absolute Gasteiger partial charge is 0.465 e. The monoisotopic (exact) mass is 371 g/mol. The molecule has 0 aliphatic carbocycles. The van der Waals surface area contributed by atoms with Crippen LogP contribution in [0.3, 0.4) is 0 Å². The summed E-state index contributed by atoms with van der Waals surface area (Å²) in [6.07, 6.45) is 2.30. The Kier molecular flexibility index (Phi) is 6.82. The maximum atomic E-state index is 13.4. The number of hydrogen-bond donors (Lipinski definition) is 1. The van der Waals surface area contributed by atoms with E-state index >= 15 is 0 Å². The predicted octanol–water partition coefficient (Wildman–Crippen LogP) is 3.12. The first-order valence-corrected chi connectivity index (χ1v) is 7.99. The molecule has 27 heavy (non-hydrogen) atoms. The van der Waals surface area contributed by atoms with Crippen molar-refractivity contribution < 1.29 is 28.2 Å². The van der Waals surface area contributed by atoms with E-state index < -0.39 is 30.3 Å². The lowest BCUT2D eigenvalue weighted by atomic mass is 10.1. The summed E-state index contributed by atoms with van der Waals surface area (Å²) < 4.78 is 22.9. The third kappa shape index (κ3) is 5.78. The summed E-state index contributed by atoms with van der Waals surface area (Å²) in [6.45, 7) is 1.22. The van der Waals surface area contributed by atoms with Crippen LogP contribution in [0.2, 0.25) is 0 Å². The van der Waals surface area contributed by atoms with Gasteiger partial charge in [0.2, 0.25) is 0 Å². The average molecular weight is 371 g/mol. The molecule has 0 aliphatic heterocycles. The van der Waals surface area contributed by atoms with Gasteiger partial charge in [-0.25, -0.2) is 14.0 Å². The first-order chi connectivity index (χ1) is 12.9. The van der Waals surface area contributed by atoms with Crippen LogP contribution in [0.4, 0.5) is 10.1 Å². The number of hydrogen-bond acceptors (Lipinski definition) is 5. The van der Waals surface area contributed by atoms with Gasteiger partial charge in [-0.1, -0.05) is 24.3 Å². The number of amides is 1. The molecule has 0 bridgehead atoms. The van der Waals surface area contributed by atoms with Gasteiger partial charge in [-0.05, 0) is 36.8 Å². The summed E-state index contributed by atoms with van der Waals surface area (Å²) in [5, 5.41) is 2.56. The van der Waals surface area contributed by atoms with Crippen LogP contribution < -0.4 is 5.32 Å². The Labute approximate surface area is 155 Å². The Balaban J connectivity index is 1.92. The van der Waals surface area contributed by atoms with Crippen molar-refractivity contribution in [2.24, 2.45) is 0 Å². The van der Waals surface area contributed by atoms with Crippen LogP contribution in [0.5, 0.6) is 0 Å². The zero-order chi connectivity index (χ0) is 19.8. The summed E-state index contributed by atoms with van der Waals surface area (Å²) in [5.41, 5.74) is 1.64. The summed E-state index contributed by atoms with van der Waals surface area (Å²) >= 11 is 0. The molecule has 6 nitrogen and oxygen atoms in total. The molecule has 0 aliphatic rings. The van der Waals surface area contributed by atoms with Crippen molar-refractivity contribution in [1.82, 2.24) is 0 Å². The molecule has 0 saturated heterocycles. The molecule has 0 radical (unpaired) electrons. The first kappa shape index (κ1) is 19.8. The molecule has 0 saturated carbocycles. The van der Waals surface area contributed by atoms with Crippen molar-refractivity contribution in [2.75, 3.05) is 19.0 Å². The predicted molar refractivity (Wildman–Crippen MR) is 97.5 cm³/mol. The topological polar surface area (TPSA) is 81.7 Å². The van der Waals surface area contributed by atoms with Crippen molar-refractivity contribution in [1.29, 1.82) is 0 Å². The molecule has 0 unspecified atom stereocenters. The number of carbonyl (C=O) groups excluding carboxylic acids is 3. The number of anilines is 1. The second-order valence-corrected chi connectivity index (χ2v) is 5.53. The van der Waals surface area contributed by atoms with Gasteiger partial charge in [-0.3, -0.25) is 4.79 Å². The number of benzene rings is 2. The lowest BCUT2D eigenvalue weighted by Gasteiger charge is -2.10. The van der Waals surface area contributed by atoms with Crippen LogP contribution >= 0.6 is 0 Å². The smallest absolute Gasteiger partial charge is 0.337 e. The van der Waals surface area contributed by atoms with Crippen LogP contribution in [0.1, 0.15) is 21.5 Å². The number of rotatable bonds is 6. The van der Waals surface area contributed by atoms with E-state index in [-0.39, 0.29) is 11.1 Å². The molecule has 0 atom stereocenters. The minimum absolute atomic E-state index is 0.231. The minimum atomic E-state index is -0.784. The van der Waals surface area contributed by atoms with E-state index in [9.17, 15) is 18.8 Å². The van der Waals surface area contributed by atoms with Gasteiger partial charge in [0.05, 0.1) is 12.7 Å². The molecule has 0 aromatic heterocycles. The molecule has 2 aromatic rings. The Hall–Kier alpha value is -3.48. The molecule has 2 rings (SSSR count). The van der Waals surface area contributed by atoms with Crippen LogP contribution in [0.15, 0.2) is 48.5 Å². The third-order valence-corrected chi connectivity index (χ3v) is 3.58. The number of aryl methyl sites for hydroxylation is 1. The highest BCUT2D eigenvalue weighted by Gasteiger charge is 2.11. The Bertz CT molecular complexity index is 892. The van der Waals surface area contributed by atoms with Crippen molar-refractivity contribution in [2.45, 2.75) is 6.92 Å². The van der Waals surface area contributed by atoms with Gasteiger partial charge in [0.1, 0.15) is 5.82 Å².